The van der Waals surface area contributed by atoms with Crippen molar-refractivity contribution in [3.05, 3.63) is 124 Å². The number of ether oxygens (including phenoxy) is 2. The summed E-state index contributed by atoms with van der Waals surface area (Å²) in [4.78, 5) is 36.4. The minimum Gasteiger partial charge on any atom is -0.461 e. The monoisotopic (exact) mass is 541 g/mol. The summed E-state index contributed by atoms with van der Waals surface area (Å²) < 4.78 is 27.0. The fourth-order valence-corrected chi connectivity index (χ4v) is 4.72. The van der Waals surface area contributed by atoms with Crippen LogP contribution in [0.4, 0.5) is 10.1 Å². The standard InChI is InChI=1S/C30H28FN5O4/c1-19-6-4-7-22(14-19)30(26-17-39-18-40-26,23-8-5-13-33-15-23)36-27(21-9-11-24(31)12-10-21)34-16-25(29(36)38)35-28(37)20(2)32-3/h4-17,20,32H,18H2,1-3H3,(H,35,37)/t20-,30?/m0/s1. The van der Waals surface area contributed by atoms with Crippen LogP contribution in [0.2, 0.25) is 0 Å². The summed E-state index contributed by atoms with van der Waals surface area (Å²) in [6, 6.07) is 16.3. The van der Waals surface area contributed by atoms with E-state index >= 15 is 0 Å². The summed E-state index contributed by atoms with van der Waals surface area (Å²) in [5.74, 6) is -0.323. The molecule has 0 radical (unpaired) electrons. The molecule has 0 bridgehead atoms. The second kappa shape index (κ2) is 11.1. The summed E-state index contributed by atoms with van der Waals surface area (Å²) in [6.45, 7) is 3.55. The molecule has 3 heterocycles. The lowest BCUT2D eigenvalue weighted by molar-refractivity contribution is -0.117. The van der Waals surface area contributed by atoms with Crippen LogP contribution >= 0.6 is 0 Å². The van der Waals surface area contributed by atoms with Crippen LogP contribution in [0.25, 0.3) is 11.4 Å². The number of rotatable bonds is 8. The SMILES string of the molecule is CN[C@@H](C)C(=O)Nc1cnc(-c2ccc(F)cc2)n(C(C2=COCO2)(c2cccnc2)c2cccc(C)c2)c1=O. The molecule has 2 atom stereocenters. The molecule has 204 valence electrons. The van der Waals surface area contributed by atoms with Crippen molar-refractivity contribution in [1.82, 2.24) is 19.9 Å². The molecule has 9 nitrogen and oxygen atoms in total. The smallest absolute Gasteiger partial charge is 0.279 e. The van der Waals surface area contributed by atoms with Crippen LogP contribution in [0, 0.1) is 12.7 Å². The number of halogens is 1. The summed E-state index contributed by atoms with van der Waals surface area (Å²) in [7, 11) is 1.65. The third kappa shape index (κ3) is 4.73. The first-order chi connectivity index (χ1) is 19.4. The van der Waals surface area contributed by atoms with Gasteiger partial charge in [0.15, 0.2) is 11.3 Å². The van der Waals surface area contributed by atoms with Gasteiger partial charge < -0.3 is 20.1 Å². The van der Waals surface area contributed by atoms with E-state index in [0.717, 1.165) is 5.56 Å². The first-order valence-electron chi connectivity index (χ1n) is 12.7. The number of aryl methyl sites for hydroxylation is 1. The molecule has 40 heavy (non-hydrogen) atoms. The van der Waals surface area contributed by atoms with Crippen molar-refractivity contribution in [2.45, 2.75) is 25.4 Å². The number of pyridine rings is 1. The Balaban J connectivity index is 1.93. The van der Waals surface area contributed by atoms with Crippen LogP contribution in [-0.2, 0) is 19.8 Å². The predicted octanol–water partition coefficient (Wildman–Crippen LogP) is 3.94. The molecule has 0 spiro atoms. The van der Waals surface area contributed by atoms with E-state index in [-0.39, 0.29) is 18.3 Å². The topological polar surface area (TPSA) is 107 Å². The van der Waals surface area contributed by atoms with E-state index in [2.05, 4.69) is 20.6 Å². The number of carbonyl (C=O) groups excluding carboxylic acids is 1. The van der Waals surface area contributed by atoms with E-state index in [1.165, 1.54) is 29.2 Å². The number of allylic oxidation sites excluding steroid dienone is 1. The summed E-state index contributed by atoms with van der Waals surface area (Å²) in [5, 5.41) is 5.57. The number of aromatic nitrogens is 3. The molecule has 0 aliphatic carbocycles. The van der Waals surface area contributed by atoms with Crippen LogP contribution in [0.5, 0.6) is 0 Å². The molecule has 1 unspecified atom stereocenters. The fourth-order valence-electron chi connectivity index (χ4n) is 4.72. The Labute approximate surface area is 230 Å². The molecule has 2 N–H and O–H groups in total. The van der Waals surface area contributed by atoms with Gasteiger partial charge in [-0.05, 0) is 56.8 Å². The number of nitrogens with one attached hydrogen (secondary N) is 2. The molecule has 4 aromatic rings. The average molecular weight is 542 g/mol. The van der Waals surface area contributed by atoms with E-state index in [4.69, 9.17) is 9.47 Å². The maximum atomic E-state index is 14.6. The summed E-state index contributed by atoms with van der Waals surface area (Å²) in [6.07, 6.45) is 6.04. The van der Waals surface area contributed by atoms with Gasteiger partial charge in [-0.2, -0.15) is 0 Å². The Bertz CT molecular complexity index is 1620. The third-order valence-corrected chi connectivity index (χ3v) is 6.83. The first kappa shape index (κ1) is 26.8. The number of likely N-dealkylation sites (N-methyl/N-ethyl adjacent to an activating group) is 1. The summed E-state index contributed by atoms with van der Waals surface area (Å²) >= 11 is 0. The van der Waals surface area contributed by atoms with E-state index in [1.54, 1.807) is 44.6 Å². The quantitative estimate of drug-likeness (QED) is 0.348. The molecule has 0 fully saturated rings. The highest BCUT2D eigenvalue weighted by Gasteiger charge is 2.47. The molecule has 1 aliphatic rings. The maximum Gasteiger partial charge on any atom is 0.279 e. The van der Waals surface area contributed by atoms with Crippen LogP contribution in [-0.4, -0.2) is 40.3 Å². The molecule has 2 aromatic carbocycles. The number of hydrogen-bond donors (Lipinski definition) is 2. The van der Waals surface area contributed by atoms with Crippen molar-refractivity contribution < 1.29 is 18.7 Å². The van der Waals surface area contributed by atoms with E-state index in [0.29, 0.717) is 22.4 Å². The Morgan fingerprint density at radius 2 is 1.88 bits per heavy atom. The van der Waals surface area contributed by atoms with Gasteiger partial charge in [-0.25, -0.2) is 9.37 Å². The van der Waals surface area contributed by atoms with Crippen LogP contribution in [0.15, 0.2) is 96.1 Å². The minimum atomic E-state index is -1.47. The van der Waals surface area contributed by atoms with Crippen LogP contribution < -0.4 is 16.2 Å². The Kier molecular flexibility index (Phi) is 7.43. The molecule has 0 saturated carbocycles. The largest absolute Gasteiger partial charge is 0.461 e. The second-order valence-corrected chi connectivity index (χ2v) is 9.38. The van der Waals surface area contributed by atoms with Gasteiger partial charge in [-0.3, -0.25) is 19.1 Å². The molecule has 1 aliphatic heterocycles. The van der Waals surface area contributed by atoms with Crippen molar-refractivity contribution in [1.29, 1.82) is 0 Å². The lowest BCUT2D eigenvalue weighted by Crippen LogP contribution is -2.47. The number of amides is 1. The normalized spacial score (nSPS) is 14.8. The summed E-state index contributed by atoms with van der Waals surface area (Å²) in [5.41, 5.74) is 0.571. The van der Waals surface area contributed by atoms with E-state index < -0.39 is 28.9 Å². The highest BCUT2D eigenvalue weighted by molar-refractivity contribution is 5.94. The molecule has 2 aromatic heterocycles. The Morgan fingerprint density at radius 1 is 1.10 bits per heavy atom. The van der Waals surface area contributed by atoms with E-state index in [9.17, 15) is 14.0 Å². The number of benzene rings is 2. The van der Waals surface area contributed by atoms with Gasteiger partial charge in [0.25, 0.3) is 5.56 Å². The van der Waals surface area contributed by atoms with Gasteiger partial charge in [0.2, 0.25) is 12.7 Å². The van der Waals surface area contributed by atoms with Crippen molar-refractivity contribution in [2.75, 3.05) is 19.2 Å². The fraction of sp³-hybridized carbons (Fsp3) is 0.200. The Hall–Kier alpha value is -4.83. The number of anilines is 1. The zero-order valence-electron chi connectivity index (χ0n) is 22.2. The van der Waals surface area contributed by atoms with Gasteiger partial charge in [-0.15, -0.1) is 0 Å². The third-order valence-electron chi connectivity index (χ3n) is 6.83. The zero-order chi connectivity index (χ0) is 28.3. The lowest BCUT2D eigenvalue weighted by Gasteiger charge is -2.37. The van der Waals surface area contributed by atoms with Crippen molar-refractivity contribution >= 4 is 11.6 Å². The Morgan fingerprint density at radius 3 is 2.52 bits per heavy atom. The first-order valence-corrected chi connectivity index (χ1v) is 12.7. The molecule has 0 saturated heterocycles. The molecular formula is C30H28FN5O4. The van der Waals surface area contributed by atoms with Gasteiger partial charge in [0.05, 0.1) is 12.2 Å². The van der Waals surface area contributed by atoms with Gasteiger partial charge in [0, 0.05) is 23.5 Å². The maximum absolute atomic E-state index is 14.6. The van der Waals surface area contributed by atoms with Crippen molar-refractivity contribution in [2.24, 2.45) is 0 Å². The lowest BCUT2D eigenvalue weighted by atomic mass is 9.80. The van der Waals surface area contributed by atoms with Crippen LogP contribution in [0.3, 0.4) is 0 Å². The molecular weight excluding hydrogens is 513 g/mol. The van der Waals surface area contributed by atoms with Crippen molar-refractivity contribution in [3.63, 3.8) is 0 Å². The molecule has 5 rings (SSSR count). The zero-order valence-corrected chi connectivity index (χ0v) is 22.2. The number of nitrogens with zero attached hydrogens (tertiary/aromatic N) is 3. The van der Waals surface area contributed by atoms with Gasteiger partial charge in [0.1, 0.15) is 23.6 Å². The highest BCUT2D eigenvalue weighted by atomic mass is 19.1. The van der Waals surface area contributed by atoms with E-state index in [1.807, 2.05) is 37.3 Å². The minimum absolute atomic E-state index is 0.0432. The van der Waals surface area contributed by atoms with Crippen molar-refractivity contribution in [3.8, 4) is 11.4 Å². The molecule has 1 amide bonds. The predicted molar refractivity (Wildman–Crippen MR) is 148 cm³/mol. The van der Waals surface area contributed by atoms with Gasteiger partial charge >= 0.3 is 0 Å². The second-order valence-electron chi connectivity index (χ2n) is 9.38. The van der Waals surface area contributed by atoms with Crippen LogP contribution in [0.1, 0.15) is 23.6 Å². The number of hydrogen-bond acceptors (Lipinski definition) is 7. The average Bonchev–Trinajstić information content (AvgIpc) is 3.51. The molecule has 10 heteroatoms. The highest BCUT2D eigenvalue weighted by Crippen LogP contribution is 2.44. The van der Waals surface area contributed by atoms with Gasteiger partial charge in [-0.1, -0.05) is 35.9 Å². The number of carbonyl (C=O) groups is 1.